The first-order valence-corrected chi connectivity index (χ1v) is 11.6. The third kappa shape index (κ3) is 5.51. The number of alkyl carbamates (subject to hydrolysis) is 1. The molecule has 35 heavy (non-hydrogen) atoms. The van der Waals surface area contributed by atoms with Crippen LogP contribution in [-0.2, 0) is 14.3 Å². The minimum atomic E-state index is -0.966. The average Bonchev–Trinajstić information content (AvgIpc) is 3.20. The second-order valence-corrected chi connectivity index (χ2v) is 8.63. The van der Waals surface area contributed by atoms with Crippen molar-refractivity contribution >= 4 is 18.0 Å². The van der Waals surface area contributed by atoms with Crippen molar-refractivity contribution in [3.63, 3.8) is 0 Å². The highest BCUT2D eigenvalue weighted by molar-refractivity contribution is 5.87. The second kappa shape index (κ2) is 10.9. The summed E-state index contributed by atoms with van der Waals surface area (Å²) < 4.78 is 5.61. The fourth-order valence-electron chi connectivity index (χ4n) is 4.34. The van der Waals surface area contributed by atoms with Crippen LogP contribution in [0.5, 0.6) is 0 Å². The van der Waals surface area contributed by atoms with E-state index in [0.717, 1.165) is 22.3 Å². The van der Waals surface area contributed by atoms with Gasteiger partial charge < -0.3 is 20.5 Å². The molecule has 7 heteroatoms. The highest BCUT2D eigenvalue weighted by Gasteiger charge is 2.30. The Bertz CT molecular complexity index is 1170. The van der Waals surface area contributed by atoms with Crippen molar-refractivity contribution in [1.29, 1.82) is 0 Å². The van der Waals surface area contributed by atoms with E-state index in [4.69, 9.17) is 9.84 Å². The van der Waals surface area contributed by atoms with E-state index in [2.05, 4.69) is 22.8 Å². The lowest BCUT2D eigenvalue weighted by Crippen LogP contribution is -2.41. The van der Waals surface area contributed by atoms with Crippen molar-refractivity contribution in [2.24, 2.45) is 5.92 Å². The number of aliphatic carboxylic acids is 1. The highest BCUT2D eigenvalue weighted by Crippen LogP contribution is 2.44. The first-order chi connectivity index (χ1) is 17.0. The number of amides is 2. The van der Waals surface area contributed by atoms with Crippen molar-refractivity contribution in [3.8, 4) is 11.1 Å². The molecule has 2 atom stereocenters. The number of fused-ring (bicyclic) bond motifs is 3. The number of benzene rings is 3. The Hall–Kier alpha value is -4.13. The smallest absolute Gasteiger partial charge is 0.408 e. The lowest BCUT2D eigenvalue weighted by Gasteiger charge is -2.20. The Labute approximate surface area is 204 Å². The van der Waals surface area contributed by atoms with Gasteiger partial charge in [0.2, 0.25) is 5.91 Å². The van der Waals surface area contributed by atoms with Gasteiger partial charge in [-0.25, -0.2) is 4.79 Å². The van der Waals surface area contributed by atoms with E-state index in [1.807, 2.05) is 42.5 Å². The molecule has 180 valence electrons. The molecular weight excluding hydrogens is 444 g/mol. The molecule has 3 aromatic carbocycles. The van der Waals surface area contributed by atoms with Gasteiger partial charge in [0.25, 0.3) is 0 Å². The maximum atomic E-state index is 12.9. The van der Waals surface area contributed by atoms with Gasteiger partial charge in [0.1, 0.15) is 12.6 Å². The molecule has 2 amide bonds. The molecule has 1 aliphatic rings. The van der Waals surface area contributed by atoms with E-state index in [9.17, 15) is 14.4 Å². The maximum absolute atomic E-state index is 12.9. The minimum Gasteiger partial charge on any atom is -0.481 e. The monoisotopic (exact) mass is 472 g/mol. The Morgan fingerprint density at radius 3 is 2.06 bits per heavy atom. The predicted octanol–water partition coefficient (Wildman–Crippen LogP) is 4.49. The largest absolute Gasteiger partial charge is 0.481 e. The molecule has 0 bridgehead atoms. The molecule has 0 spiro atoms. The van der Waals surface area contributed by atoms with E-state index in [1.165, 1.54) is 0 Å². The van der Waals surface area contributed by atoms with Crippen LogP contribution in [0.1, 0.15) is 42.0 Å². The van der Waals surface area contributed by atoms with Crippen molar-refractivity contribution in [2.75, 3.05) is 13.2 Å². The van der Waals surface area contributed by atoms with Crippen LogP contribution in [0.25, 0.3) is 11.1 Å². The fourth-order valence-corrected chi connectivity index (χ4v) is 4.34. The third-order valence-corrected chi connectivity index (χ3v) is 6.30. The summed E-state index contributed by atoms with van der Waals surface area (Å²) in [5.74, 6) is -2.02. The molecule has 0 radical (unpaired) electrons. The number of carboxylic acids is 1. The molecule has 0 heterocycles. The minimum absolute atomic E-state index is 0.0883. The van der Waals surface area contributed by atoms with E-state index in [0.29, 0.717) is 5.56 Å². The molecule has 4 rings (SSSR count). The van der Waals surface area contributed by atoms with Crippen LogP contribution in [0.3, 0.4) is 0 Å². The molecule has 7 nitrogen and oxygen atoms in total. The van der Waals surface area contributed by atoms with Gasteiger partial charge in [0.15, 0.2) is 0 Å². The van der Waals surface area contributed by atoms with Crippen LogP contribution < -0.4 is 10.6 Å². The molecule has 3 aromatic rings. The number of carbonyl (C=O) groups is 3. The standard InChI is InChI=1S/C28H28N2O5/c1-18(27(32)33)15-16-29-26(31)25(19-9-3-2-4-10-19)30-28(34)35-17-24-22-13-7-5-11-20(22)21-12-6-8-14-23(21)24/h2-14,18,24-25H,15-17H2,1H3,(H,29,31)(H,30,34)(H,32,33)/t18?,25-/m1/s1. The van der Waals surface area contributed by atoms with Gasteiger partial charge in [0.05, 0.1) is 5.92 Å². The summed E-state index contributed by atoms with van der Waals surface area (Å²) in [7, 11) is 0. The zero-order valence-electron chi connectivity index (χ0n) is 19.4. The van der Waals surface area contributed by atoms with Gasteiger partial charge in [-0.15, -0.1) is 0 Å². The van der Waals surface area contributed by atoms with Gasteiger partial charge in [-0.05, 0) is 34.2 Å². The number of hydrogen-bond donors (Lipinski definition) is 3. The Kier molecular flexibility index (Phi) is 7.45. The molecular formula is C28H28N2O5. The first kappa shape index (κ1) is 24.0. The van der Waals surface area contributed by atoms with Gasteiger partial charge in [0, 0.05) is 12.5 Å². The summed E-state index contributed by atoms with van der Waals surface area (Å²) in [6.45, 7) is 1.90. The van der Waals surface area contributed by atoms with Crippen molar-refractivity contribution in [1.82, 2.24) is 10.6 Å². The van der Waals surface area contributed by atoms with Crippen molar-refractivity contribution in [2.45, 2.75) is 25.3 Å². The van der Waals surface area contributed by atoms with Crippen LogP contribution in [0.4, 0.5) is 4.79 Å². The summed E-state index contributed by atoms with van der Waals surface area (Å²) in [6.07, 6.45) is -0.414. The number of carbonyl (C=O) groups excluding carboxylic acids is 2. The van der Waals surface area contributed by atoms with Crippen LogP contribution in [0.2, 0.25) is 0 Å². The summed E-state index contributed by atoms with van der Waals surface area (Å²) >= 11 is 0. The molecule has 0 saturated heterocycles. The van der Waals surface area contributed by atoms with Crippen molar-refractivity contribution < 1.29 is 24.2 Å². The lowest BCUT2D eigenvalue weighted by atomic mass is 9.98. The highest BCUT2D eigenvalue weighted by atomic mass is 16.5. The Balaban J connectivity index is 1.42. The first-order valence-electron chi connectivity index (χ1n) is 11.6. The number of ether oxygens (including phenoxy) is 1. The van der Waals surface area contributed by atoms with E-state index in [1.54, 1.807) is 31.2 Å². The van der Waals surface area contributed by atoms with Crippen LogP contribution >= 0.6 is 0 Å². The average molecular weight is 473 g/mol. The SMILES string of the molecule is CC(CCNC(=O)[C@H](NC(=O)OCC1c2ccccc2-c2ccccc21)c1ccccc1)C(=O)O. The van der Waals surface area contributed by atoms with Crippen LogP contribution in [0.15, 0.2) is 78.9 Å². The van der Waals surface area contributed by atoms with E-state index < -0.39 is 29.9 Å². The summed E-state index contributed by atoms with van der Waals surface area (Å²) in [6, 6.07) is 24.0. The van der Waals surface area contributed by atoms with Gasteiger partial charge in [-0.2, -0.15) is 0 Å². The third-order valence-electron chi connectivity index (χ3n) is 6.30. The maximum Gasteiger partial charge on any atom is 0.408 e. The van der Waals surface area contributed by atoms with Gasteiger partial charge in [-0.3, -0.25) is 9.59 Å². The summed E-state index contributed by atoms with van der Waals surface area (Å²) in [4.78, 5) is 36.7. The molecule has 0 aliphatic heterocycles. The Morgan fingerprint density at radius 1 is 0.886 bits per heavy atom. The zero-order valence-corrected chi connectivity index (χ0v) is 19.4. The van der Waals surface area contributed by atoms with Gasteiger partial charge in [-0.1, -0.05) is 85.8 Å². The second-order valence-electron chi connectivity index (χ2n) is 8.63. The molecule has 0 aromatic heterocycles. The van der Waals surface area contributed by atoms with E-state index in [-0.39, 0.29) is 25.5 Å². The van der Waals surface area contributed by atoms with Crippen molar-refractivity contribution in [3.05, 3.63) is 95.6 Å². The van der Waals surface area contributed by atoms with Crippen LogP contribution in [0, 0.1) is 5.92 Å². The molecule has 1 aliphatic carbocycles. The number of rotatable bonds is 9. The van der Waals surface area contributed by atoms with Gasteiger partial charge >= 0.3 is 12.1 Å². The molecule has 1 unspecified atom stereocenters. The summed E-state index contributed by atoms with van der Waals surface area (Å²) in [5, 5.41) is 14.4. The normalized spacial score (nSPS) is 13.7. The molecule has 0 fully saturated rings. The number of carboxylic acid groups (broad SMARTS) is 1. The van der Waals surface area contributed by atoms with Crippen LogP contribution in [-0.4, -0.2) is 36.2 Å². The zero-order chi connectivity index (χ0) is 24.8. The lowest BCUT2D eigenvalue weighted by molar-refractivity contribution is -0.141. The topological polar surface area (TPSA) is 105 Å². The van der Waals surface area contributed by atoms with E-state index >= 15 is 0 Å². The molecule has 3 N–H and O–H groups in total. The number of hydrogen-bond acceptors (Lipinski definition) is 4. The quantitative estimate of drug-likeness (QED) is 0.426. The molecule has 0 saturated carbocycles. The number of nitrogens with one attached hydrogen (secondary N) is 2. The predicted molar refractivity (Wildman–Crippen MR) is 132 cm³/mol. The fraction of sp³-hybridized carbons (Fsp3) is 0.250. The summed E-state index contributed by atoms with van der Waals surface area (Å²) in [5.41, 5.74) is 5.08. The Morgan fingerprint density at radius 2 is 1.46 bits per heavy atom.